The van der Waals surface area contributed by atoms with Crippen LogP contribution in [0.2, 0.25) is 0 Å². The van der Waals surface area contributed by atoms with E-state index in [4.69, 9.17) is 5.73 Å². The first-order valence-electron chi connectivity index (χ1n) is 7.77. The third-order valence-electron chi connectivity index (χ3n) is 3.99. The minimum atomic E-state index is -0.0747. The number of carbonyl (C=O) groups is 1. The van der Waals surface area contributed by atoms with Crippen molar-refractivity contribution in [3.05, 3.63) is 29.8 Å². The Kier molecular flexibility index (Phi) is 7.74. The van der Waals surface area contributed by atoms with Crippen LogP contribution in [0.4, 0.5) is 0 Å². The van der Waals surface area contributed by atoms with Crippen LogP contribution >= 0.6 is 24.2 Å². The quantitative estimate of drug-likeness (QED) is 0.829. The van der Waals surface area contributed by atoms with Gasteiger partial charge in [-0.25, -0.2) is 0 Å². The number of halogens is 1. The topological polar surface area (TPSA) is 55.1 Å². The average molecular weight is 343 g/mol. The fourth-order valence-electron chi connectivity index (χ4n) is 2.81. The zero-order chi connectivity index (χ0) is 15.3. The Labute approximate surface area is 144 Å². The van der Waals surface area contributed by atoms with Crippen LogP contribution in [0.25, 0.3) is 0 Å². The lowest BCUT2D eigenvalue weighted by molar-refractivity contribution is -0.121. The molecule has 0 spiro atoms. The Morgan fingerprint density at radius 3 is 2.45 bits per heavy atom. The number of thioether (sulfide) groups is 1. The third-order valence-corrected chi connectivity index (χ3v) is 5.48. The number of amides is 1. The lowest BCUT2D eigenvalue weighted by Gasteiger charge is -2.29. The van der Waals surface area contributed by atoms with Gasteiger partial charge in [-0.15, -0.1) is 24.2 Å². The summed E-state index contributed by atoms with van der Waals surface area (Å²) in [4.78, 5) is 13.1. The van der Waals surface area contributed by atoms with E-state index in [-0.39, 0.29) is 29.1 Å². The molecule has 0 saturated heterocycles. The molecule has 1 aliphatic rings. The standard InChI is InChI=1S/C17H26N2OS.ClH/c1-13-5-7-15(8-6-13)21-17(9-3-4-10-17)12-19-16(20)11-14(2)18;/h5-8,14H,3-4,9-12,18H2,1-2H3,(H,19,20);1H. The Balaban J connectivity index is 0.00000242. The van der Waals surface area contributed by atoms with Crippen molar-refractivity contribution >= 4 is 30.1 Å². The Hall–Kier alpha value is -0.710. The highest BCUT2D eigenvalue weighted by Gasteiger charge is 2.35. The number of nitrogens with two attached hydrogens (primary N) is 1. The summed E-state index contributed by atoms with van der Waals surface area (Å²) in [5, 5.41) is 3.09. The van der Waals surface area contributed by atoms with Crippen LogP contribution in [0.1, 0.15) is 44.6 Å². The summed E-state index contributed by atoms with van der Waals surface area (Å²) in [7, 11) is 0. The maximum Gasteiger partial charge on any atom is 0.221 e. The average Bonchev–Trinajstić information content (AvgIpc) is 2.88. The minimum absolute atomic E-state index is 0. The van der Waals surface area contributed by atoms with Crippen LogP contribution in [0.15, 0.2) is 29.2 Å². The summed E-state index contributed by atoms with van der Waals surface area (Å²) >= 11 is 1.92. The van der Waals surface area contributed by atoms with E-state index in [9.17, 15) is 4.79 Å². The maximum atomic E-state index is 11.8. The molecule has 0 heterocycles. The van der Waals surface area contributed by atoms with Crippen molar-refractivity contribution in [3.63, 3.8) is 0 Å². The van der Waals surface area contributed by atoms with E-state index in [0.717, 1.165) is 6.54 Å². The molecule has 124 valence electrons. The van der Waals surface area contributed by atoms with Crippen molar-refractivity contribution < 1.29 is 4.79 Å². The largest absolute Gasteiger partial charge is 0.355 e. The zero-order valence-corrected chi connectivity index (χ0v) is 15.1. The van der Waals surface area contributed by atoms with Crippen LogP contribution in [0.3, 0.4) is 0 Å². The first-order valence-corrected chi connectivity index (χ1v) is 8.59. The maximum absolute atomic E-state index is 11.8. The molecule has 0 aromatic heterocycles. The molecule has 1 aromatic carbocycles. The number of hydrogen-bond acceptors (Lipinski definition) is 3. The van der Waals surface area contributed by atoms with Gasteiger partial charge in [-0.1, -0.05) is 30.5 Å². The first-order chi connectivity index (χ1) is 9.99. The van der Waals surface area contributed by atoms with E-state index < -0.39 is 0 Å². The summed E-state index contributed by atoms with van der Waals surface area (Å²) in [6.45, 7) is 4.72. The number of benzene rings is 1. The van der Waals surface area contributed by atoms with Crippen molar-refractivity contribution in [3.8, 4) is 0 Å². The van der Waals surface area contributed by atoms with E-state index in [1.54, 1.807) is 0 Å². The van der Waals surface area contributed by atoms with Crippen LogP contribution in [0.5, 0.6) is 0 Å². The smallest absolute Gasteiger partial charge is 0.221 e. The molecular formula is C17H27ClN2OS. The summed E-state index contributed by atoms with van der Waals surface area (Å²) in [6.07, 6.45) is 5.25. The second-order valence-corrected chi connectivity index (χ2v) is 7.80. The van der Waals surface area contributed by atoms with Crippen molar-refractivity contribution in [2.45, 2.75) is 61.6 Å². The second-order valence-electron chi connectivity index (χ2n) is 6.26. The predicted molar refractivity (Wildman–Crippen MR) is 96.8 cm³/mol. The molecular weight excluding hydrogens is 316 g/mol. The van der Waals surface area contributed by atoms with Crippen molar-refractivity contribution in [1.29, 1.82) is 0 Å². The van der Waals surface area contributed by atoms with Crippen LogP contribution < -0.4 is 11.1 Å². The summed E-state index contributed by atoms with van der Waals surface area (Å²) in [6, 6.07) is 8.60. The van der Waals surface area contributed by atoms with Crippen LogP contribution in [0, 0.1) is 6.92 Å². The van der Waals surface area contributed by atoms with Crippen LogP contribution in [-0.2, 0) is 4.79 Å². The number of aryl methyl sites for hydroxylation is 1. The van der Waals surface area contributed by atoms with E-state index in [1.807, 2.05) is 18.7 Å². The molecule has 0 bridgehead atoms. The highest BCUT2D eigenvalue weighted by Crippen LogP contribution is 2.44. The number of carbonyl (C=O) groups excluding carboxylic acids is 1. The molecule has 5 heteroatoms. The first kappa shape index (κ1) is 19.3. The Morgan fingerprint density at radius 1 is 1.32 bits per heavy atom. The molecule has 1 amide bonds. The van der Waals surface area contributed by atoms with Gasteiger partial charge in [0.1, 0.15) is 0 Å². The molecule has 1 aliphatic carbocycles. The Bertz CT molecular complexity index is 470. The molecule has 1 unspecified atom stereocenters. The van der Waals surface area contributed by atoms with Gasteiger partial charge in [0.05, 0.1) is 0 Å². The van der Waals surface area contributed by atoms with Crippen LogP contribution in [-0.4, -0.2) is 23.2 Å². The van der Waals surface area contributed by atoms with Gasteiger partial charge >= 0.3 is 0 Å². The Morgan fingerprint density at radius 2 is 1.91 bits per heavy atom. The molecule has 3 N–H and O–H groups in total. The molecule has 1 aromatic rings. The fraction of sp³-hybridized carbons (Fsp3) is 0.588. The van der Waals surface area contributed by atoms with Crippen molar-refractivity contribution in [2.24, 2.45) is 5.73 Å². The highest BCUT2D eigenvalue weighted by atomic mass is 35.5. The fourth-order valence-corrected chi connectivity index (χ4v) is 4.22. The van der Waals surface area contributed by atoms with Gasteiger partial charge in [-0.3, -0.25) is 4.79 Å². The summed E-state index contributed by atoms with van der Waals surface area (Å²) < 4.78 is 0.156. The molecule has 22 heavy (non-hydrogen) atoms. The van der Waals surface area contributed by atoms with Gasteiger partial charge in [0, 0.05) is 28.6 Å². The lowest BCUT2D eigenvalue weighted by atomic mass is 10.1. The molecule has 1 saturated carbocycles. The lowest BCUT2D eigenvalue weighted by Crippen LogP contribution is -2.40. The summed E-state index contributed by atoms with van der Waals surface area (Å²) in [5.74, 6) is 0.0702. The molecule has 3 nitrogen and oxygen atoms in total. The van der Waals surface area contributed by atoms with Gasteiger partial charge in [0.2, 0.25) is 5.91 Å². The van der Waals surface area contributed by atoms with E-state index in [2.05, 4.69) is 36.5 Å². The second kappa shape index (κ2) is 8.80. The molecule has 1 fully saturated rings. The molecule has 0 aliphatic heterocycles. The van der Waals surface area contributed by atoms with Gasteiger partial charge in [-0.05, 0) is 38.8 Å². The van der Waals surface area contributed by atoms with E-state index in [1.165, 1.54) is 36.1 Å². The molecule has 1 atom stereocenters. The van der Waals surface area contributed by atoms with E-state index >= 15 is 0 Å². The SMILES string of the molecule is Cc1ccc(SC2(CNC(=O)CC(C)N)CCCC2)cc1.Cl. The van der Waals surface area contributed by atoms with Gasteiger partial charge in [0.25, 0.3) is 0 Å². The van der Waals surface area contributed by atoms with E-state index in [0.29, 0.717) is 6.42 Å². The third kappa shape index (κ3) is 5.82. The van der Waals surface area contributed by atoms with Gasteiger partial charge in [0.15, 0.2) is 0 Å². The number of hydrogen-bond donors (Lipinski definition) is 2. The number of nitrogens with one attached hydrogen (secondary N) is 1. The highest BCUT2D eigenvalue weighted by molar-refractivity contribution is 8.00. The normalized spacial score (nSPS) is 17.6. The van der Waals surface area contributed by atoms with Gasteiger partial charge in [-0.2, -0.15) is 0 Å². The van der Waals surface area contributed by atoms with Crippen molar-refractivity contribution in [1.82, 2.24) is 5.32 Å². The van der Waals surface area contributed by atoms with Gasteiger partial charge < -0.3 is 11.1 Å². The zero-order valence-electron chi connectivity index (χ0n) is 13.4. The number of rotatable bonds is 6. The monoisotopic (exact) mass is 342 g/mol. The molecule has 2 rings (SSSR count). The van der Waals surface area contributed by atoms with Crippen molar-refractivity contribution in [2.75, 3.05) is 6.54 Å². The minimum Gasteiger partial charge on any atom is -0.355 e. The predicted octanol–water partition coefficient (Wildman–Crippen LogP) is 3.68. The summed E-state index contributed by atoms with van der Waals surface area (Å²) in [5.41, 5.74) is 6.96. The molecule has 0 radical (unpaired) electrons.